The lowest BCUT2D eigenvalue weighted by Crippen LogP contribution is -2.60. The lowest BCUT2D eigenvalue weighted by Gasteiger charge is -2.45. The van der Waals surface area contributed by atoms with E-state index in [-0.39, 0.29) is 0 Å². The molecule has 106 valence electrons. The maximum absolute atomic E-state index is 5.82. The van der Waals surface area contributed by atoms with Gasteiger partial charge in [0.2, 0.25) is 0 Å². The van der Waals surface area contributed by atoms with Crippen molar-refractivity contribution in [3.63, 3.8) is 0 Å². The second-order valence-corrected chi connectivity index (χ2v) is 6.87. The summed E-state index contributed by atoms with van der Waals surface area (Å²) in [6.07, 6.45) is 2.51. The predicted molar refractivity (Wildman–Crippen MR) is 81.1 cm³/mol. The third kappa shape index (κ3) is 4.56. The van der Waals surface area contributed by atoms with Crippen molar-refractivity contribution in [2.45, 2.75) is 59.5 Å². The quantitative estimate of drug-likeness (QED) is 0.841. The molecule has 0 bridgehead atoms. The van der Waals surface area contributed by atoms with Gasteiger partial charge in [0, 0.05) is 37.3 Å². The number of piperazine rings is 1. The van der Waals surface area contributed by atoms with Gasteiger partial charge in [-0.3, -0.25) is 4.90 Å². The van der Waals surface area contributed by atoms with Crippen LogP contribution in [0.1, 0.15) is 47.5 Å². The summed E-state index contributed by atoms with van der Waals surface area (Å²) in [5, 5.41) is 3.72. The van der Waals surface area contributed by atoms with Crippen molar-refractivity contribution in [1.82, 2.24) is 10.2 Å². The summed E-state index contributed by atoms with van der Waals surface area (Å²) >= 11 is 5.82. The fourth-order valence-electron chi connectivity index (χ4n) is 2.60. The van der Waals surface area contributed by atoms with E-state index in [0.29, 0.717) is 17.5 Å². The molecule has 1 aliphatic heterocycles. The molecule has 1 heterocycles. The van der Waals surface area contributed by atoms with Crippen molar-refractivity contribution in [3.8, 4) is 0 Å². The van der Waals surface area contributed by atoms with E-state index in [1.807, 2.05) is 0 Å². The summed E-state index contributed by atoms with van der Waals surface area (Å²) < 4.78 is 0. The second kappa shape index (κ2) is 6.93. The Labute approximate surface area is 118 Å². The zero-order chi connectivity index (χ0) is 13.8. The first-order valence-corrected chi connectivity index (χ1v) is 7.55. The molecular weight excluding hydrogens is 244 g/mol. The van der Waals surface area contributed by atoms with Crippen LogP contribution in [0.3, 0.4) is 0 Å². The van der Waals surface area contributed by atoms with Crippen LogP contribution in [0.2, 0.25) is 0 Å². The van der Waals surface area contributed by atoms with E-state index in [9.17, 15) is 0 Å². The summed E-state index contributed by atoms with van der Waals surface area (Å²) in [6.45, 7) is 14.5. The Balaban J connectivity index is 2.70. The van der Waals surface area contributed by atoms with Gasteiger partial charge in [0.15, 0.2) is 0 Å². The van der Waals surface area contributed by atoms with E-state index in [1.165, 1.54) is 18.4 Å². The molecule has 1 fully saturated rings. The zero-order valence-electron chi connectivity index (χ0n) is 12.6. The molecule has 18 heavy (non-hydrogen) atoms. The van der Waals surface area contributed by atoms with Crippen LogP contribution in [0.15, 0.2) is 11.1 Å². The maximum Gasteiger partial charge on any atom is 0.0244 e. The number of hydrogen-bond donors (Lipinski definition) is 1. The van der Waals surface area contributed by atoms with Crippen molar-refractivity contribution in [3.05, 3.63) is 11.1 Å². The smallest absolute Gasteiger partial charge is 0.0244 e. The van der Waals surface area contributed by atoms with Gasteiger partial charge in [-0.2, -0.15) is 0 Å². The number of nitrogens with one attached hydrogen (secondary N) is 1. The normalized spacial score (nSPS) is 27.6. The third-order valence-corrected chi connectivity index (χ3v) is 4.21. The molecule has 1 N–H and O–H groups in total. The van der Waals surface area contributed by atoms with Crippen LogP contribution in [0.25, 0.3) is 0 Å². The van der Waals surface area contributed by atoms with Crippen LogP contribution in [-0.2, 0) is 0 Å². The Morgan fingerprint density at radius 1 is 1.44 bits per heavy atom. The van der Waals surface area contributed by atoms with E-state index in [2.05, 4.69) is 44.8 Å². The largest absolute Gasteiger partial charge is 0.311 e. The van der Waals surface area contributed by atoms with Crippen molar-refractivity contribution in [2.24, 2.45) is 5.41 Å². The van der Waals surface area contributed by atoms with Gasteiger partial charge in [-0.05, 0) is 24.3 Å². The first-order chi connectivity index (χ1) is 8.38. The average molecular weight is 273 g/mol. The van der Waals surface area contributed by atoms with Crippen LogP contribution < -0.4 is 5.32 Å². The number of rotatable bonds is 4. The van der Waals surface area contributed by atoms with E-state index in [4.69, 9.17) is 11.6 Å². The molecule has 0 aromatic carbocycles. The van der Waals surface area contributed by atoms with Crippen LogP contribution in [0.5, 0.6) is 0 Å². The number of hydrogen-bond acceptors (Lipinski definition) is 2. The minimum absolute atomic E-state index is 0.314. The topological polar surface area (TPSA) is 15.3 Å². The summed E-state index contributed by atoms with van der Waals surface area (Å²) in [5.41, 5.74) is 3.29. The van der Waals surface area contributed by atoms with Gasteiger partial charge in [0.1, 0.15) is 0 Å². The van der Waals surface area contributed by atoms with Crippen LogP contribution >= 0.6 is 11.6 Å². The van der Waals surface area contributed by atoms with Gasteiger partial charge in [-0.15, -0.1) is 0 Å². The highest BCUT2D eigenvalue weighted by Crippen LogP contribution is 2.25. The highest BCUT2D eigenvalue weighted by Gasteiger charge is 2.33. The summed E-state index contributed by atoms with van der Waals surface area (Å²) in [6, 6.07) is 1.22. The number of nitrogens with zero attached hydrogens (tertiary/aromatic N) is 1. The Bertz CT molecular complexity index is 281. The van der Waals surface area contributed by atoms with Gasteiger partial charge in [-0.1, -0.05) is 45.7 Å². The van der Waals surface area contributed by atoms with Crippen LogP contribution in [0.4, 0.5) is 0 Å². The molecule has 0 aromatic rings. The van der Waals surface area contributed by atoms with Crippen molar-refractivity contribution in [2.75, 3.05) is 19.6 Å². The van der Waals surface area contributed by atoms with Crippen molar-refractivity contribution in [1.29, 1.82) is 0 Å². The molecule has 1 saturated heterocycles. The minimum atomic E-state index is 0.314. The van der Waals surface area contributed by atoms with Crippen molar-refractivity contribution < 1.29 is 0 Å². The Morgan fingerprint density at radius 2 is 2.11 bits per heavy atom. The predicted octanol–water partition coefficient (Wildman–Crippen LogP) is 3.62. The molecule has 3 heteroatoms. The molecule has 2 unspecified atom stereocenters. The lowest BCUT2D eigenvalue weighted by atomic mass is 9.84. The molecule has 0 aromatic heterocycles. The molecule has 0 saturated carbocycles. The first-order valence-electron chi connectivity index (χ1n) is 7.11. The third-order valence-electron chi connectivity index (χ3n) is 3.84. The van der Waals surface area contributed by atoms with Gasteiger partial charge in [0.25, 0.3) is 0 Å². The zero-order valence-corrected chi connectivity index (χ0v) is 13.3. The molecule has 0 spiro atoms. The van der Waals surface area contributed by atoms with Gasteiger partial charge in [-0.25, -0.2) is 0 Å². The highest BCUT2D eigenvalue weighted by atomic mass is 35.5. The summed E-state index contributed by atoms with van der Waals surface area (Å²) in [5.74, 6) is 0. The molecule has 0 amide bonds. The maximum atomic E-state index is 5.82. The fraction of sp³-hybridized carbons (Fsp3) is 0.867. The Hall–Kier alpha value is -0.0500. The van der Waals surface area contributed by atoms with Crippen LogP contribution in [-0.4, -0.2) is 36.6 Å². The molecule has 1 rings (SSSR count). The molecule has 2 nitrogen and oxygen atoms in total. The summed E-state index contributed by atoms with van der Waals surface area (Å²) in [4.78, 5) is 2.60. The van der Waals surface area contributed by atoms with E-state index in [0.717, 1.165) is 19.6 Å². The molecule has 0 radical (unpaired) electrons. The average Bonchev–Trinajstić information content (AvgIpc) is 2.30. The first kappa shape index (κ1) is 16.0. The van der Waals surface area contributed by atoms with E-state index >= 15 is 0 Å². The van der Waals surface area contributed by atoms with Gasteiger partial charge >= 0.3 is 0 Å². The van der Waals surface area contributed by atoms with Gasteiger partial charge < -0.3 is 5.32 Å². The monoisotopic (exact) mass is 272 g/mol. The summed E-state index contributed by atoms with van der Waals surface area (Å²) in [7, 11) is 0. The Kier molecular flexibility index (Phi) is 6.16. The molecule has 1 aliphatic rings. The highest BCUT2D eigenvalue weighted by molar-refractivity contribution is 6.25. The molecular formula is C15H29ClN2. The standard InChI is InChI=1S/C15H29ClN2/c1-6-7-13-9-17-14(15(3,4)5)11-18(13)10-12(2)8-16/h8,13-14,17H,6-7,9-11H2,1-5H3. The van der Waals surface area contributed by atoms with Crippen molar-refractivity contribution >= 4 is 11.6 Å². The van der Waals surface area contributed by atoms with Gasteiger partial charge in [0.05, 0.1) is 0 Å². The van der Waals surface area contributed by atoms with Crippen LogP contribution in [0, 0.1) is 5.41 Å². The number of halogens is 1. The lowest BCUT2D eigenvalue weighted by molar-refractivity contribution is 0.0889. The Morgan fingerprint density at radius 3 is 2.61 bits per heavy atom. The second-order valence-electron chi connectivity index (χ2n) is 6.65. The van der Waals surface area contributed by atoms with E-state index in [1.54, 1.807) is 5.54 Å². The molecule has 0 aliphatic carbocycles. The minimum Gasteiger partial charge on any atom is -0.311 e. The fourth-order valence-corrected chi connectivity index (χ4v) is 2.67. The van der Waals surface area contributed by atoms with E-state index < -0.39 is 0 Å². The SMILES string of the molecule is CCCC1CNC(C(C)(C)C)CN1CC(C)=CCl. The molecule has 2 atom stereocenters.